The molecule has 7 heteroatoms. The number of nitrogens with two attached hydrogens (primary N) is 1. The molecule has 1 aliphatic rings. The Morgan fingerprint density at radius 2 is 1.84 bits per heavy atom. The van der Waals surface area contributed by atoms with E-state index < -0.39 is 0 Å². The van der Waals surface area contributed by atoms with E-state index in [9.17, 15) is 0 Å². The molecule has 19 heavy (non-hydrogen) atoms. The number of hydrogen-bond acceptors (Lipinski definition) is 6. The van der Waals surface area contributed by atoms with Gasteiger partial charge < -0.3 is 20.0 Å². The number of nitrogens with zero attached hydrogens (tertiary/aromatic N) is 4. The van der Waals surface area contributed by atoms with E-state index >= 15 is 0 Å². The zero-order valence-corrected chi connectivity index (χ0v) is 11.0. The van der Waals surface area contributed by atoms with Crippen LogP contribution in [0, 0.1) is 0 Å². The Kier molecular flexibility index (Phi) is 3.16. The van der Waals surface area contributed by atoms with E-state index in [1.807, 2.05) is 23.1 Å². The van der Waals surface area contributed by atoms with Crippen molar-refractivity contribution in [1.29, 1.82) is 0 Å². The van der Waals surface area contributed by atoms with Crippen LogP contribution in [0.5, 0.6) is 0 Å². The van der Waals surface area contributed by atoms with Crippen LogP contribution in [0.2, 0.25) is 5.02 Å². The number of piperazine rings is 1. The SMILES string of the molecule is Nc1nnc(N2CCN(c3cccc(Cl)c3)CC2)o1. The fourth-order valence-electron chi connectivity index (χ4n) is 2.18. The molecule has 0 atom stereocenters. The lowest BCUT2D eigenvalue weighted by Gasteiger charge is -2.35. The first-order chi connectivity index (χ1) is 9.22. The first-order valence-electron chi connectivity index (χ1n) is 6.07. The van der Waals surface area contributed by atoms with Gasteiger partial charge in [-0.1, -0.05) is 27.9 Å². The minimum Gasteiger partial charge on any atom is -0.390 e. The third kappa shape index (κ3) is 2.58. The van der Waals surface area contributed by atoms with E-state index in [0.29, 0.717) is 6.01 Å². The van der Waals surface area contributed by atoms with Gasteiger partial charge in [-0.2, -0.15) is 0 Å². The highest BCUT2D eigenvalue weighted by Crippen LogP contribution is 2.22. The number of anilines is 3. The van der Waals surface area contributed by atoms with E-state index in [0.717, 1.165) is 36.9 Å². The zero-order valence-electron chi connectivity index (χ0n) is 10.3. The average molecular weight is 280 g/mol. The number of aromatic nitrogens is 2. The van der Waals surface area contributed by atoms with Crippen molar-refractivity contribution in [3.8, 4) is 0 Å². The molecule has 1 fully saturated rings. The van der Waals surface area contributed by atoms with Crippen LogP contribution in [0.3, 0.4) is 0 Å². The van der Waals surface area contributed by atoms with Gasteiger partial charge in [-0.05, 0) is 18.2 Å². The van der Waals surface area contributed by atoms with Crippen molar-refractivity contribution in [3.63, 3.8) is 0 Å². The van der Waals surface area contributed by atoms with Crippen molar-refractivity contribution in [3.05, 3.63) is 29.3 Å². The summed E-state index contributed by atoms with van der Waals surface area (Å²) in [6.07, 6.45) is 0. The van der Waals surface area contributed by atoms with Crippen LogP contribution in [0.4, 0.5) is 17.7 Å². The van der Waals surface area contributed by atoms with Crippen LogP contribution >= 0.6 is 11.6 Å². The number of hydrogen-bond donors (Lipinski definition) is 1. The molecule has 1 aromatic heterocycles. The second kappa shape index (κ2) is 4.97. The summed E-state index contributed by atoms with van der Waals surface area (Å²) >= 11 is 6.01. The molecule has 100 valence electrons. The summed E-state index contributed by atoms with van der Waals surface area (Å²) in [5.74, 6) is 0. The molecule has 1 aromatic carbocycles. The number of halogens is 1. The van der Waals surface area contributed by atoms with E-state index in [2.05, 4.69) is 21.2 Å². The maximum absolute atomic E-state index is 6.01. The van der Waals surface area contributed by atoms with Crippen LogP contribution in [0.1, 0.15) is 0 Å². The zero-order chi connectivity index (χ0) is 13.2. The second-order valence-corrected chi connectivity index (χ2v) is 4.81. The molecule has 0 bridgehead atoms. The third-order valence-electron chi connectivity index (χ3n) is 3.15. The maximum atomic E-state index is 6.01. The van der Waals surface area contributed by atoms with Crippen LogP contribution in [-0.2, 0) is 0 Å². The number of nitrogen functional groups attached to an aromatic ring is 1. The van der Waals surface area contributed by atoms with Gasteiger partial charge in [0, 0.05) is 36.9 Å². The standard InChI is InChI=1S/C12H14ClN5O/c13-9-2-1-3-10(8-9)17-4-6-18(7-5-17)12-16-15-11(14)19-12/h1-3,8H,4-7H2,(H2,14,15). The Morgan fingerprint density at radius 3 is 2.47 bits per heavy atom. The van der Waals surface area contributed by atoms with Gasteiger partial charge in [-0.3, -0.25) is 0 Å². The fourth-order valence-corrected chi connectivity index (χ4v) is 2.37. The summed E-state index contributed by atoms with van der Waals surface area (Å²) in [5.41, 5.74) is 6.56. The van der Waals surface area contributed by atoms with Gasteiger partial charge in [0.2, 0.25) is 0 Å². The van der Waals surface area contributed by atoms with E-state index in [1.165, 1.54) is 0 Å². The highest BCUT2D eigenvalue weighted by molar-refractivity contribution is 6.30. The van der Waals surface area contributed by atoms with Crippen molar-refractivity contribution < 1.29 is 4.42 Å². The lowest BCUT2D eigenvalue weighted by Crippen LogP contribution is -2.46. The van der Waals surface area contributed by atoms with Gasteiger partial charge in [0.15, 0.2) is 0 Å². The van der Waals surface area contributed by atoms with E-state index in [4.69, 9.17) is 21.8 Å². The summed E-state index contributed by atoms with van der Waals surface area (Å²) in [6.45, 7) is 3.38. The molecule has 0 unspecified atom stereocenters. The molecule has 2 aromatic rings. The lowest BCUT2D eigenvalue weighted by molar-refractivity contribution is 0.527. The third-order valence-corrected chi connectivity index (χ3v) is 3.39. The molecule has 0 spiro atoms. The van der Waals surface area contributed by atoms with Crippen LogP contribution in [0.15, 0.2) is 28.7 Å². The van der Waals surface area contributed by atoms with Crippen molar-refractivity contribution >= 4 is 29.3 Å². The smallest absolute Gasteiger partial charge is 0.319 e. The van der Waals surface area contributed by atoms with E-state index in [1.54, 1.807) is 0 Å². The van der Waals surface area contributed by atoms with Crippen LogP contribution < -0.4 is 15.5 Å². The summed E-state index contributed by atoms with van der Waals surface area (Å²) in [5, 5.41) is 8.32. The lowest BCUT2D eigenvalue weighted by atomic mass is 10.2. The molecule has 6 nitrogen and oxygen atoms in total. The predicted molar refractivity (Wildman–Crippen MR) is 74.6 cm³/mol. The van der Waals surface area contributed by atoms with Gasteiger partial charge in [-0.15, -0.1) is 0 Å². The minimum atomic E-state index is 0.104. The minimum absolute atomic E-state index is 0.104. The summed E-state index contributed by atoms with van der Waals surface area (Å²) in [4.78, 5) is 4.31. The highest BCUT2D eigenvalue weighted by atomic mass is 35.5. The molecule has 0 amide bonds. The molecule has 0 radical (unpaired) electrons. The van der Waals surface area contributed by atoms with Gasteiger partial charge in [-0.25, -0.2) is 0 Å². The normalized spacial score (nSPS) is 15.8. The summed E-state index contributed by atoms with van der Waals surface area (Å²) < 4.78 is 5.22. The van der Waals surface area contributed by atoms with Gasteiger partial charge in [0.05, 0.1) is 0 Å². The van der Waals surface area contributed by atoms with Gasteiger partial charge >= 0.3 is 12.0 Å². The van der Waals surface area contributed by atoms with Crippen molar-refractivity contribution in [1.82, 2.24) is 10.2 Å². The maximum Gasteiger partial charge on any atom is 0.319 e. The Hall–Kier alpha value is -1.95. The predicted octanol–water partition coefficient (Wildman–Crippen LogP) is 1.63. The number of rotatable bonds is 2. The molecule has 0 aliphatic carbocycles. The Bertz CT molecular complexity index is 565. The summed E-state index contributed by atoms with van der Waals surface area (Å²) in [7, 11) is 0. The summed E-state index contributed by atoms with van der Waals surface area (Å²) in [6, 6.07) is 8.47. The van der Waals surface area contributed by atoms with Gasteiger partial charge in [0.1, 0.15) is 0 Å². The molecular formula is C12H14ClN5O. The molecule has 1 aliphatic heterocycles. The quantitative estimate of drug-likeness (QED) is 0.901. The topological polar surface area (TPSA) is 71.4 Å². The molecule has 3 rings (SSSR count). The van der Waals surface area contributed by atoms with Crippen molar-refractivity contribution in [2.45, 2.75) is 0 Å². The first kappa shape index (κ1) is 12.1. The molecular weight excluding hydrogens is 266 g/mol. The Balaban J connectivity index is 1.66. The van der Waals surface area contributed by atoms with Crippen LogP contribution in [0.25, 0.3) is 0 Å². The highest BCUT2D eigenvalue weighted by Gasteiger charge is 2.21. The fraction of sp³-hybridized carbons (Fsp3) is 0.333. The van der Waals surface area contributed by atoms with Crippen molar-refractivity contribution in [2.24, 2.45) is 0 Å². The van der Waals surface area contributed by atoms with Crippen LogP contribution in [-0.4, -0.2) is 36.4 Å². The van der Waals surface area contributed by atoms with Crippen molar-refractivity contribution in [2.75, 3.05) is 41.7 Å². The molecule has 1 saturated heterocycles. The Morgan fingerprint density at radius 1 is 1.11 bits per heavy atom. The van der Waals surface area contributed by atoms with E-state index in [-0.39, 0.29) is 6.01 Å². The first-order valence-corrected chi connectivity index (χ1v) is 6.44. The van der Waals surface area contributed by atoms with Gasteiger partial charge in [0.25, 0.3) is 0 Å². The molecule has 0 saturated carbocycles. The second-order valence-electron chi connectivity index (χ2n) is 4.38. The molecule has 2 N–H and O–H groups in total. The molecule has 2 heterocycles. The number of benzene rings is 1. The monoisotopic (exact) mass is 279 g/mol. The largest absolute Gasteiger partial charge is 0.390 e. The average Bonchev–Trinajstić information content (AvgIpc) is 2.86. The Labute approximate surface area is 115 Å².